The molecule has 0 aromatic carbocycles. The van der Waals surface area contributed by atoms with E-state index in [9.17, 15) is 16.8 Å². The van der Waals surface area contributed by atoms with Gasteiger partial charge in [-0.15, -0.1) is 0 Å². The molecular weight excluding hydrogens is 362 g/mol. The van der Waals surface area contributed by atoms with E-state index in [1.165, 1.54) is 6.26 Å². The van der Waals surface area contributed by atoms with Crippen molar-refractivity contribution < 1.29 is 16.8 Å². The molecule has 7 nitrogen and oxygen atoms in total. The van der Waals surface area contributed by atoms with Gasteiger partial charge in [0, 0.05) is 31.9 Å². The molecule has 25 heavy (non-hydrogen) atoms. The predicted octanol–water partition coefficient (Wildman–Crippen LogP) is 0.674. The second-order valence-electron chi connectivity index (χ2n) is 7.43. The van der Waals surface area contributed by atoms with Crippen LogP contribution in [-0.2, 0) is 19.7 Å². The third-order valence-electron chi connectivity index (χ3n) is 5.10. The van der Waals surface area contributed by atoms with Crippen LogP contribution in [0.2, 0.25) is 0 Å². The number of rotatable bonds is 5. The number of hydrogen-bond acceptors (Lipinski definition) is 5. The van der Waals surface area contributed by atoms with Crippen LogP contribution < -0.4 is 5.32 Å². The van der Waals surface area contributed by atoms with Gasteiger partial charge in [0.2, 0.25) is 0 Å². The molecule has 2 heterocycles. The van der Waals surface area contributed by atoms with Gasteiger partial charge in [-0.25, -0.2) is 16.8 Å². The summed E-state index contributed by atoms with van der Waals surface area (Å²) < 4.78 is 47.1. The van der Waals surface area contributed by atoms with E-state index in [1.54, 1.807) is 0 Å². The van der Waals surface area contributed by atoms with Gasteiger partial charge in [0.05, 0.1) is 16.8 Å². The summed E-state index contributed by atoms with van der Waals surface area (Å²) in [6.07, 6.45) is 4.39. The minimum Gasteiger partial charge on any atom is -0.354 e. The Balaban J connectivity index is 2.10. The largest absolute Gasteiger partial charge is 0.354 e. The average Bonchev–Trinajstić information content (AvgIpc) is 2.89. The summed E-state index contributed by atoms with van der Waals surface area (Å²) in [6, 6.07) is 0.227. The van der Waals surface area contributed by atoms with E-state index in [0.29, 0.717) is 31.9 Å². The topological polar surface area (TPSA) is 95.9 Å². The van der Waals surface area contributed by atoms with Crippen molar-refractivity contribution in [3.05, 3.63) is 0 Å². The standard InChI is InChI=1S/C16H31N3O4S2/c1-4-13(2)18-16(17-10-14-7-9-25(22,23)12-14)19-8-5-6-15(11-19)24(3,20)21/h13-15H,4-12H2,1-3H3,(H,17,18). The van der Waals surface area contributed by atoms with Crippen molar-refractivity contribution in [1.29, 1.82) is 0 Å². The van der Waals surface area contributed by atoms with Crippen molar-refractivity contribution in [1.82, 2.24) is 10.2 Å². The molecule has 0 radical (unpaired) electrons. The second-order valence-corrected chi connectivity index (χ2v) is 12.0. The second kappa shape index (κ2) is 8.24. The Labute approximate surface area is 152 Å². The maximum absolute atomic E-state index is 11.9. The van der Waals surface area contributed by atoms with Crippen LogP contribution >= 0.6 is 0 Å². The first-order valence-electron chi connectivity index (χ1n) is 9.06. The van der Waals surface area contributed by atoms with E-state index >= 15 is 0 Å². The van der Waals surface area contributed by atoms with Gasteiger partial charge in [0.15, 0.2) is 25.6 Å². The van der Waals surface area contributed by atoms with Crippen LogP contribution in [0.3, 0.4) is 0 Å². The third kappa shape index (κ3) is 6.13. The molecule has 0 bridgehead atoms. The lowest BCUT2D eigenvalue weighted by Crippen LogP contribution is -2.51. The molecule has 0 saturated carbocycles. The highest BCUT2D eigenvalue weighted by atomic mass is 32.2. The molecule has 9 heteroatoms. The zero-order valence-electron chi connectivity index (χ0n) is 15.4. The van der Waals surface area contributed by atoms with Crippen molar-refractivity contribution in [3.63, 3.8) is 0 Å². The lowest BCUT2D eigenvalue weighted by atomic mass is 10.1. The summed E-state index contributed by atoms with van der Waals surface area (Å²) in [4.78, 5) is 6.69. The summed E-state index contributed by atoms with van der Waals surface area (Å²) >= 11 is 0. The molecule has 146 valence electrons. The van der Waals surface area contributed by atoms with E-state index in [-0.39, 0.29) is 28.7 Å². The molecule has 2 aliphatic rings. The van der Waals surface area contributed by atoms with E-state index in [1.807, 2.05) is 4.90 Å². The summed E-state index contributed by atoms with van der Waals surface area (Å²) in [6.45, 7) is 5.83. The number of likely N-dealkylation sites (tertiary alicyclic amines) is 1. The minimum absolute atomic E-state index is 0.0641. The number of aliphatic imine (C=N–C) groups is 1. The molecule has 0 spiro atoms. The summed E-state index contributed by atoms with van der Waals surface area (Å²) in [5.41, 5.74) is 0. The van der Waals surface area contributed by atoms with Crippen LogP contribution in [0.5, 0.6) is 0 Å². The maximum atomic E-state index is 11.9. The molecule has 2 saturated heterocycles. The quantitative estimate of drug-likeness (QED) is 0.545. The van der Waals surface area contributed by atoms with Crippen molar-refractivity contribution in [2.45, 2.75) is 50.8 Å². The normalized spacial score (nSPS) is 28.8. The Morgan fingerprint density at radius 3 is 2.64 bits per heavy atom. The smallest absolute Gasteiger partial charge is 0.194 e. The first kappa shape index (κ1) is 20.5. The first-order chi connectivity index (χ1) is 11.6. The number of sulfone groups is 2. The Morgan fingerprint density at radius 2 is 2.08 bits per heavy atom. The Bertz CT molecular complexity index is 688. The highest BCUT2D eigenvalue weighted by Gasteiger charge is 2.31. The van der Waals surface area contributed by atoms with Crippen molar-refractivity contribution in [2.24, 2.45) is 10.9 Å². The monoisotopic (exact) mass is 393 g/mol. The van der Waals surface area contributed by atoms with Gasteiger partial charge in [-0.2, -0.15) is 0 Å². The molecule has 2 rings (SSSR count). The lowest BCUT2D eigenvalue weighted by molar-refractivity contribution is 0.326. The number of hydrogen-bond donors (Lipinski definition) is 1. The predicted molar refractivity (Wildman–Crippen MR) is 101 cm³/mol. The van der Waals surface area contributed by atoms with Crippen molar-refractivity contribution in [2.75, 3.05) is 37.4 Å². The highest BCUT2D eigenvalue weighted by Crippen LogP contribution is 2.20. The zero-order valence-corrected chi connectivity index (χ0v) is 17.1. The fraction of sp³-hybridized carbons (Fsp3) is 0.938. The van der Waals surface area contributed by atoms with Crippen LogP contribution in [0.15, 0.2) is 4.99 Å². The molecule has 0 aliphatic carbocycles. The number of nitrogens with one attached hydrogen (secondary N) is 1. The summed E-state index contributed by atoms with van der Waals surface area (Å²) in [5, 5.41) is 3.02. The summed E-state index contributed by atoms with van der Waals surface area (Å²) in [7, 11) is -5.98. The van der Waals surface area contributed by atoms with Crippen LogP contribution in [0.4, 0.5) is 0 Å². The number of piperidine rings is 1. The molecule has 2 aliphatic heterocycles. The van der Waals surface area contributed by atoms with Crippen LogP contribution in [0, 0.1) is 5.92 Å². The van der Waals surface area contributed by atoms with Gasteiger partial charge >= 0.3 is 0 Å². The van der Waals surface area contributed by atoms with E-state index in [0.717, 1.165) is 19.4 Å². The molecule has 0 aromatic rings. The van der Waals surface area contributed by atoms with Gasteiger partial charge in [-0.1, -0.05) is 6.92 Å². The highest BCUT2D eigenvalue weighted by molar-refractivity contribution is 7.91. The SMILES string of the molecule is CCC(C)NC(=NCC1CCS(=O)(=O)C1)N1CCCC(S(C)(=O)=O)C1. The van der Waals surface area contributed by atoms with Crippen LogP contribution in [0.25, 0.3) is 0 Å². The van der Waals surface area contributed by atoms with E-state index in [2.05, 4.69) is 24.2 Å². The van der Waals surface area contributed by atoms with Crippen LogP contribution in [-0.4, -0.2) is 76.4 Å². The maximum Gasteiger partial charge on any atom is 0.194 e. The molecule has 1 N–H and O–H groups in total. The fourth-order valence-corrected chi connectivity index (χ4v) is 6.17. The number of guanidine groups is 1. The van der Waals surface area contributed by atoms with Gasteiger partial charge in [0.1, 0.15) is 0 Å². The third-order valence-corrected chi connectivity index (χ3v) is 8.53. The fourth-order valence-electron chi connectivity index (χ4n) is 3.27. The molecule has 3 atom stereocenters. The van der Waals surface area contributed by atoms with E-state index < -0.39 is 19.7 Å². The van der Waals surface area contributed by atoms with Gasteiger partial charge in [0.25, 0.3) is 0 Å². The molecule has 2 fully saturated rings. The van der Waals surface area contributed by atoms with Crippen LogP contribution in [0.1, 0.15) is 39.5 Å². The van der Waals surface area contributed by atoms with E-state index in [4.69, 9.17) is 0 Å². The zero-order chi connectivity index (χ0) is 18.7. The van der Waals surface area contributed by atoms with Gasteiger partial charge < -0.3 is 10.2 Å². The van der Waals surface area contributed by atoms with Crippen molar-refractivity contribution in [3.8, 4) is 0 Å². The lowest BCUT2D eigenvalue weighted by Gasteiger charge is -2.35. The average molecular weight is 394 g/mol. The number of nitrogens with zero attached hydrogens (tertiary/aromatic N) is 2. The first-order valence-corrected chi connectivity index (χ1v) is 12.8. The van der Waals surface area contributed by atoms with Gasteiger partial charge in [-0.3, -0.25) is 4.99 Å². The molecule has 3 unspecified atom stereocenters. The van der Waals surface area contributed by atoms with Crippen molar-refractivity contribution >= 4 is 25.6 Å². The minimum atomic E-state index is -3.08. The summed E-state index contributed by atoms with van der Waals surface area (Å²) in [5.74, 6) is 1.24. The molecular formula is C16H31N3O4S2. The molecule has 0 amide bonds. The molecule has 0 aromatic heterocycles. The van der Waals surface area contributed by atoms with Gasteiger partial charge in [-0.05, 0) is 38.5 Å². The Kier molecular flexibility index (Phi) is 6.75. The Hall–Kier alpha value is -0.830. The Morgan fingerprint density at radius 1 is 1.36 bits per heavy atom.